The second kappa shape index (κ2) is 7.89. The second-order valence-corrected chi connectivity index (χ2v) is 6.52. The lowest BCUT2D eigenvalue weighted by atomic mass is 10.1. The number of nitrogens with one attached hydrogen (secondary N) is 2. The van der Waals surface area contributed by atoms with Crippen molar-refractivity contribution in [3.05, 3.63) is 27.7 Å². The maximum atomic E-state index is 12.0. The smallest absolute Gasteiger partial charge is 0.239 e. The molecular formula is C15H20BrClN2O. The van der Waals surface area contributed by atoms with E-state index in [1.807, 2.05) is 12.1 Å². The van der Waals surface area contributed by atoms with Crippen LogP contribution in [0.15, 0.2) is 22.7 Å². The molecule has 1 amide bonds. The van der Waals surface area contributed by atoms with E-state index in [4.69, 9.17) is 11.6 Å². The molecule has 1 aromatic carbocycles. The van der Waals surface area contributed by atoms with Crippen molar-refractivity contribution >= 4 is 39.1 Å². The molecule has 110 valence electrons. The fourth-order valence-corrected chi connectivity index (χ4v) is 3.33. The van der Waals surface area contributed by atoms with Gasteiger partial charge in [-0.2, -0.15) is 0 Å². The molecule has 0 atom stereocenters. The Morgan fingerprint density at radius 3 is 2.60 bits per heavy atom. The summed E-state index contributed by atoms with van der Waals surface area (Å²) in [5, 5.41) is 6.92. The molecule has 0 aliphatic heterocycles. The minimum atomic E-state index is 0.0544. The molecule has 5 heteroatoms. The standard InChI is InChI=1S/C15H20BrClN2O/c16-13-9-11(17)7-8-14(13)18-10-15(20)19-12-5-3-1-2-4-6-12/h7-9,12,18H,1-6,10H2,(H,19,20). The van der Waals surface area contributed by atoms with Crippen LogP contribution in [0.4, 0.5) is 5.69 Å². The van der Waals surface area contributed by atoms with E-state index < -0.39 is 0 Å². The van der Waals surface area contributed by atoms with E-state index in [1.54, 1.807) is 6.07 Å². The van der Waals surface area contributed by atoms with Gasteiger partial charge < -0.3 is 10.6 Å². The van der Waals surface area contributed by atoms with Crippen molar-refractivity contribution in [2.45, 2.75) is 44.6 Å². The molecule has 0 radical (unpaired) electrons. The quantitative estimate of drug-likeness (QED) is 0.785. The Kier molecular flexibility index (Phi) is 6.17. The number of rotatable bonds is 4. The zero-order valence-electron chi connectivity index (χ0n) is 11.4. The number of hydrogen-bond donors (Lipinski definition) is 2. The number of hydrogen-bond acceptors (Lipinski definition) is 2. The Morgan fingerprint density at radius 2 is 1.95 bits per heavy atom. The summed E-state index contributed by atoms with van der Waals surface area (Å²) in [6.45, 7) is 0.288. The molecule has 20 heavy (non-hydrogen) atoms. The lowest BCUT2D eigenvalue weighted by Gasteiger charge is -2.17. The summed E-state index contributed by atoms with van der Waals surface area (Å²) in [6, 6.07) is 5.83. The molecule has 0 bridgehead atoms. The van der Waals surface area contributed by atoms with Crippen LogP contribution in [0.5, 0.6) is 0 Å². The van der Waals surface area contributed by atoms with Gasteiger partial charge in [-0.05, 0) is 47.0 Å². The van der Waals surface area contributed by atoms with E-state index in [0.29, 0.717) is 11.1 Å². The fraction of sp³-hybridized carbons (Fsp3) is 0.533. The first-order valence-corrected chi connectivity index (χ1v) is 8.30. The molecule has 1 aliphatic carbocycles. The third kappa shape index (κ3) is 4.98. The van der Waals surface area contributed by atoms with Gasteiger partial charge >= 0.3 is 0 Å². The lowest BCUT2D eigenvalue weighted by molar-refractivity contribution is -0.120. The summed E-state index contributed by atoms with van der Waals surface area (Å²) in [7, 11) is 0. The predicted molar refractivity (Wildman–Crippen MR) is 87.3 cm³/mol. The van der Waals surface area contributed by atoms with E-state index in [9.17, 15) is 4.79 Å². The summed E-state index contributed by atoms with van der Waals surface area (Å²) in [4.78, 5) is 12.0. The van der Waals surface area contributed by atoms with Gasteiger partial charge in [-0.25, -0.2) is 0 Å². The summed E-state index contributed by atoms with van der Waals surface area (Å²) in [5.41, 5.74) is 0.880. The largest absolute Gasteiger partial charge is 0.375 e. The van der Waals surface area contributed by atoms with Gasteiger partial charge in [-0.3, -0.25) is 4.79 Å². The van der Waals surface area contributed by atoms with Crippen LogP contribution in [0, 0.1) is 0 Å². The molecule has 0 heterocycles. The first-order valence-electron chi connectivity index (χ1n) is 7.13. The SMILES string of the molecule is O=C(CNc1ccc(Cl)cc1Br)NC1CCCCCC1. The summed E-state index contributed by atoms with van der Waals surface area (Å²) in [6.07, 6.45) is 7.25. The minimum absolute atomic E-state index is 0.0544. The highest BCUT2D eigenvalue weighted by Crippen LogP contribution is 2.25. The number of benzene rings is 1. The number of halogens is 2. The van der Waals surface area contributed by atoms with E-state index >= 15 is 0 Å². The second-order valence-electron chi connectivity index (χ2n) is 5.23. The van der Waals surface area contributed by atoms with E-state index in [0.717, 1.165) is 23.0 Å². The van der Waals surface area contributed by atoms with Crippen molar-refractivity contribution in [1.29, 1.82) is 0 Å². The number of amides is 1. The highest BCUT2D eigenvalue weighted by Gasteiger charge is 2.14. The molecule has 0 unspecified atom stereocenters. The molecule has 1 fully saturated rings. The van der Waals surface area contributed by atoms with Crippen LogP contribution >= 0.6 is 27.5 Å². The molecule has 1 aliphatic rings. The van der Waals surface area contributed by atoms with Gasteiger partial charge in [0.05, 0.1) is 6.54 Å². The van der Waals surface area contributed by atoms with Gasteiger partial charge in [0.1, 0.15) is 0 Å². The van der Waals surface area contributed by atoms with Crippen molar-refractivity contribution in [3.63, 3.8) is 0 Å². The van der Waals surface area contributed by atoms with Crippen LogP contribution in [0.2, 0.25) is 5.02 Å². The molecule has 0 aromatic heterocycles. The Bertz CT molecular complexity index is 459. The Labute approximate surface area is 133 Å². The van der Waals surface area contributed by atoms with Gasteiger partial charge in [0.2, 0.25) is 5.91 Å². The molecule has 2 rings (SSSR count). The van der Waals surface area contributed by atoms with Crippen LogP contribution in [0.1, 0.15) is 38.5 Å². The van der Waals surface area contributed by atoms with Gasteiger partial charge in [0, 0.05) is 21.2 Å². The topological polar surface area (TPSA) is 41.1 Å². The van der Waals surface area contributed by atoms with E-state index in [1.165, 1.54) is 25.7 Å². The van der Waals surface area contributed by atoms with Crippen molar-refractivity contribution < 1.29 is 4.79 Å². The maximum Gasteiger partial charge on any atom is 0.239 e. The number of anilines is 1. The van der Waals surface area contributed by atoms with Crippen molar-refractivity contribution in [1.82, 2.24) is 5.32 Å². The fourth-order valence-electron chi connectivity index (χ4n) is 2.51. The van der Waals surface area contributed by atoms with Gasteiger partial charge in [0.15, 0.2) is 0 Å². The highest BCUT2D eigenvalue weighted by atomic mass is 79.9. The third-order valence-electron chi connectivity index (χ3n) is 3.59. The van der Waals surface area contributed by atoms with E-state index in [-0.39, 0.29) is 12.5 Å². The highest BCUT2D eigenvalue weighted by molar-refractivity contribution is 9.10. The van der Waals surface area contributed by atoms with Crippen LogP contribution in [0.25, 0.3) is 0 Å². The zero-order valence-corrected chi connectivity index (χ0v) is 13.8. The summed E-state index contributed by atoms with van der Waals surface area (Å²) >= 11 is 9.31. The molecule has 0 saturated heterocycles. The minimum Gasteiger partial charge on any atom is -0.375 e. The van der Waals surface area contributed by atoms with Crippen LogP contribution in [-0.4, -0.2) is 18.5 Å². The normalized spacial score (nSPS) is 16.5. The molecule has 2 N–H and O–H groups in total. The summed E-state index contributed by atoms with van der Waals surface area (Å²) < 4.78 is 0.868. The maximum absolute atomic E-state index is 12.0. The lowest BCUT2D eigenvalue weighted by Crippen LogP contribution is -2.38. The van der Waals surface area contributed by atoms with Crippen molar-refractivity contribution in [2.24, 2.45) is 0 Å². The van der Waals surface area contributed by atoms with Crippen LogP contribution in [0.3, 0.4) is 0 Å². The predicted octanol–water partition coefficient (Wildman–Crippen LogP) is 4.35. The van der Waals surface area contributed by atoms with Crippen LogP contribution in [-0.2, 0) is 4.79 Å². The number of carbonyl (C=O) groups is 1. The van der Waals surface area contributed by atoms with Crippen LogP contribution < -0.4 is 10.6 Å². The monoisotopic (exact) mass is 358 g/mol. The Balaban J connectivity index is 1.79. The van der Waals surface area contributed by atoms with Gasteiger partial charge in [-0.1, -0.05) is 37.3 Å². The zero-order chi connectivity index (χ0) is 14.4. The molecular weight excluding hydrogens is 340 g/mol. The molecule has 3 nitrogen and oxygen atoms in total. The molecule has 1 aromatic rings. The van der Waals surface area contributed by atoms with Crippen molar-refractivity contribution in [3.8, 4) is 0 Å². The average Bonchev–Trinajstić information content (AvgIpc) is 2.66. The van der Waals surface area contributed by atoms with Gasteiger partial charge in [-0.15, -0.1) is 0 Å². The first kappa shape index (κ1) is 15.6. The van der Waals surface area contributed by atoms with Gasteiger partial charge in [0.25, 0.3) is 0 Å². The Hall–Kier alpha value is -0.740. The molecule has 1 saturated carbocycles. The first-order chi connectivity index (χ1) is 9.65. The Morgan fingerprint density at radius 1 is 1.25 bits per heavy atom. The third-order valence-corrected chi connectivity index (χ3v) is 4.48. The summed E-state index contributed by atoms with van der Waals surface area (Å²) in [5.74, 6) is 0.0544. The molecule has 0 spiro atoms. The van der Waals surface area contributed by atoms with E-state index in [2.05, 4.69) is 26.6 Å². The van der Waals surface area contributed by atoms with Crippen molar-refractivity contribution in [2.75, 3.05) is 11.9 Å². The average molecular weight is 360 g/mol. The number of carbonyl (C=O) groups excluding carboxylic acids is 1.